The zero-order chi connectivity index (χ0) is 11.8. The van der Waals surface area contributed by atoms with Gasteiger partial charge in [-0.3, -0.25) is 0 Å². The fourth-order valence-electron chi connectivity index (χ4n) is 2.10. The van der Waals surface area contributed by atoms with Gasteiger partial charge in [0.1, 0.15) is 5.58 Å². The zero-order valence-corrected chi connectivity index (χ0v) is 10.8. The predicted molar refractivity (Wildman–Crippen MR) is 72.8 cm³/mol. The third-order valence-electron chi connectivity index (χ3n) is 2.97. The Morgan fingerprint density at radius 1 is 1.12 bits per heavy atom. The van der Waals surface area contributed by atoms with Gasteiger partial charge in [-0.15, -0.1) is 11.3 Å². The van der Waals surface area contributed by atoms with E-state index in [4.69, 9.17) is 4.42 Å². The van der Waals surface area contributed by atoms with Gasteiger partial charge in [0.25, 0.3) is 0 Å². The lowest BCUT2D eigenvalue weighted by molar-refractivity contribution is 0.611. The molecular formula is C15H14OS. The predicted octanol–water partition coefficient (Wildman–Crippen LogP) is 4.70. The number of benzene rings is 1. The van der Waals surface area contributed by atoms with E-state index in [0.29, 0.717) is 0 Å². The summed E-state index contributed by atoms with van der Waals surface area (Å²) in [5.41, 5.74) is 3.55. The molecule has 0 aliphatic rings. The van der Waals surface area contributed by atoms with Crippen molar-refractivity contribution in [3.8, 4) is 0 Å². The molecule has 0 amide bonds. The van der Waals surface area contributed by atoms with Gasteiger partial charge in [0.15, 0.2) is 0 Å². The molecule has 1 aromatic carbocycles. The summed E-state index contributed by atoms with van der Waals surface area (Å²) in [5, 5.41) is 1.25. The molecule has 0 aliphatic heterocycles. The molecule has 2 aromatic heterocycles. The van der Waals surface area contributed by atoms with Crippen LogP contribution in [0.3, 0.4) is 0 Å². The summed E-state index contributed by atoms with van der Waals surface area (Å²) < 4.78 is 5.59. The summed E-state index contributed by atoms with van der Waals surface area (Å²) in [6.45, 7) is 4.26. The van der Waals surface area contributed by atoms with Gasteiger partial charge in [-0.1, -0.05) is 11.6 Å². The smallest absolute Gasteiger partial charge is 0.134 e. The zero-order valence-electron chi connectivity index (χ0n) is 9.99. The van der Waals surface area contributed by atoms with Crippen molar-refractivity contribution in [3.05, 3.63) is 57.5 Å². The van der Waals surface area contributed by atoms with Crippen LogP contribution < -0.4 is 0 Å². The molecule has 0 atom stereocenters. The molecule has 86 valence electrons. The van der Waals surface area contributed by atoms with Crippen molar-refractivity contribution in [2.24, 2.45) is 0 Å². The maximum atomic E-state index is 5.59. The van der Waals surface area contributed by atoms with Crippen LogP contribution >= 0.6 is 11.3 Å². The first-order valence-electron chi connectivity index (χ1n) is 5.74. The lowest BCUT2D eigenvalue weighted by Crippen LogP contribution is -1.82. The normalized spacial score (nSPS) is 11.2. The van der Waals surface area contributed by atoms with Gasteiger partial charge >= 0.3 is 0 Å². The molecule has 0 spiro atoms. The van der Waals surface area contributed by atoms with Crippen molar-refractivity contribution in [1.82, 2.24) is 0 Å². The summed E-state index contributed by atoms with van der Waals surface area (Å²) in [6.07, 6.45) is 2.86. The quantitative estimate of drug-likeness (QED) is 0.634. The first kappa shape index (κ1) is 10.6. The highest BCUT2D eigenvalue weighted by Crippen LogP contribution is 2.26. The van der Waals surface area contributed by atoms with E-state index in [9.17, 15) is 0 Å². The second-order valence-electron chi connectivity index (χ2n) is 4.45. The number of hydrogen-bond acceptors (Lipinski definition) is 2. The second-order valence-corrected chi connectivity index (χ2v) is 5.82. The fraction of sp³-hybridized carbons (Fsp3) is 0.200. The number of furan rings is 1. The minimum atomic E-state index is 0.967. The summed E-state index contributed by atoms with van der Waals surface area (Å²) in [4.78, 5) is 2.76. The van der Waals surface area contributed by atoms with E-state index in [2.05, 4.69) is 38.1 Å². The highest BCUT2D eigenvalue weighted by Gasteiger charge is 2.07. The molecule has 0 saturated carbocycles. The van der Waals surface area contributed by atoms with E-state index in [1.165, 1.54) is 26.3 Å². The van der Waals surface area contributed by atoms with Gasteiger partial charge in [0.05, 0.1) is 6.26 Å². The fourth-order valence-corrected chi connectivity index (χ4v) is 3.01. The molecule has 0 fully saturated rings. The third kappa shape index (κ3) is 2.01. The van der Waals surface area contributed by atoms with Crippen molar-refractivity contribution in [3.63, 3.8) is 0 Å². The molecule has 0 aliphatic carbocycles. The summed E-state index contributed by atoms with van der Waals surface area (Å²) in [5.74, 6) is 0. The SMILES string of the molecule is Cc1ccc2occ(Cc3ccc(C)s3)c2c1. The van der Waals surface area contributed by atoms with Crippen molar-refractivity contribution in [2.45, 2.75) is 20.3 Å². The molecule has 0 radical (unpaired) electrons. The minimum absolute atomic E-state index is 0.967. The summed E-state index contributed by atoms with van der Waals surface area (Å²) in [6, 6.07) is 10.7. The van der Waals surface area contributed by atoms with Gasteiger partial charge in [-0.2, -0.15) is 0 Å². The minimum Gasteiger partial charge on any atom is -0.464 e. The van der Waals surface area contributed by atoms with Crippen molar-refractivity contribution >= 4 is 22.3 Å². The van der Waals surface area contributed by atoms with E-state index >= 15 is 0 Å². The molecule has 0 saturated heterocycles. The van der Waals surface area contributed by atoms with Gasteiger partial charge < -0.3 is 4.42 Å². The van der Waals surface area contributed by atoms with Crippen molar-refractivity contribution in [2.75, 3.05) is 0 Å². The Balaban J connectivity index is 2.03. The van der Waals surface area contributed by atoms with Crippen LogP contribution in [0.25, 0.3) is 11.0 Å². The Hall–Kier alpha value is -1.54. The Labute approximate surface area is 105 Å². The molecule has 0 unspecified atom stereocenters. The molecule has 3 aromatic rings. The van der Waals surface area contributed by atoms with E-state index in [-0.39, 0.29) is 0 Å². The molecule has 2 heteroatoms. The van der Waals surface area contributed by atoms with Crippen LogP contribution in [0.5, 0.6) is 0 Å². The maximum Gasteiger partial charge on any atom is 0.134 e. The first-order chi connectivity index (χ1) is 8.22. The van der Waals surface area contributed by atoms with Crippen LogP contribution in [0, 0.1) is 13.8 Å². The number of fused-ring (bicyclic) bond motifs is 1. The number of thiophene rings is 1. The maximum absolute atomic E-state index is 5.59. The van der Waals surface area contributed by atoms with Crippen LogP contribution in [0.15, 0.2) is 41.0 Å². The van der Waals surface area contributed by atoms with E-state index < -0.39 is 0 Å². The Morgan fingerprint density at radius 2 is 2.00 bits per heavy atom. The van der Waals surface area contributed by atoms with E-state index in [1.54, 1.807) is 0 Å². The molecular weight excluding hydrogens is 228 g/mol. The van der Waals surface area contributed by atoms with Crippen molar-refractivity contribution in [1.29, 1.82) is 0 Å². The average Bonchev–Trinajstić information content (AvgIpc) is 2.87. The number of aryl methyl sites for hydroxylation is 2. The summed E-state index contributed by atoms with van der Waals surface area (Å²) in [7, 11) is 0. The standard InChI is InChI=1S/C15H14OS/c1-10-3-6-15-14(7-10)12(9-16-15)8-13-5-4-11(2)17-13/h3-7,9H,8H2,1-2H3. The Kier molecular flexibility index (Phi) is 2.52. The topological polar surface area (TPSA) is 13.1 Å². The number of hydrogen-bond donors (Lipinski definition) is 0. The van der Waals surface area contributed by atoms with Gasteiger partial charge in [0.2, 0.25) is 0 Å². The number of rotatable bonds is 2. The van der Waals surface area contributed by atoms with Crippen LogP contribution in [-0.2, 0) is 6.42 Å². The molecule has 3 rings (SSSR count). The molecule has 1 nitrogen and oxygen atoms in total. The molecule has 0 N–H and O–H groups in total. The first-order valence-corrected chi connectivity index (χ1v) is 6.56. The van der Waals surface area contributed by atoms with E-state index in [0.717, 1.165) is 12.0 Å². The van der Waals surface area contributed by atoms with Crippen LogP contribution in [0.1, 0.15) is 20.9 Å². The van der Waals surface area contributed by atoms with Crippen LogP contribution in [0.2, 0.25) is 0 Å². The Morgan fingerprint density at radius 3 is 2.76 bits per heavy atom. The monoisotopic (exact) mass is 242 g/mol. The Bertz CT molecular complexity index is 660. The highest BCUT2D eigenvalue weighted by atomic mass is 32.1. The van der Waals surface area contributed by atoms with Crippen LogP contribution in [-0.4, -0.2) is 0 Å². The second kappa shape index (κ2) is 4.04. The van der Waals surface area contributed by atoms with Gasteiger partial charge in [0, 0.05) is 27.1 Å². The van der Waals surface area contributed by atoms with Crippen LogP contribution in [0.4, 0.5) is 0 Å². The molecule has 0 bridgehead atoms. The lowest BCUT2D eigenvalue weighted by atomic mass is 10.1. The lowest BCUT2D eigenvalue weighted by Gasteiger charge is -1.96. The molecule has 2 heterocycles. The van der Waals surface area contributed by atoms with E-state index in [1.807, 2.05) is 23.7 Å². The molecule has 17 heavy (non-hydrogen) atoms. The van der Waals surface area contributed by atoms with Crippen molar-refractivity contribution < 1.29 is 4.42 Å². The van der Waals surface area contributed by atoms with Gasteiger partial charge in [-0.05, 0) is 38.1 Å². The van der Waals surface area contributed by atoms with Gasteiger partial charge in [-0.25, -0.2) is 0 Å². The third-order valence-corrected chi connectivity index (χ3v) is 3.97. The average molecular weight is 242 g/mol. The summed E-state index contributed by atoms with van der Waals surface area (Å²) >= 11 is 1.86. The largest absolute Gasteiger partial charge is 0.464 e. The highest BCUT2D eigenvalue weighted by molar-refractivity contribution is 7.11.